The molecule has 0 radical (unpaired) electrons. The zero-order valence-corrected chi connectivity index (χ0v) is 19.8. The molecule has 7 heteroatoms. The lowest BCUT2D eigenvalue weighted by atomic mass is 9.78. The maximum absolute atomic E-state index is 13.5. The van der Waals surface area contributed by atoms with E-state index in [1.165, 1.54) is 9.75 Å². The van der Waals surface area contributed by atoms with Crippen LogP contribution in [0.4, 0.5) is 0 Å². The van der Waals surface area contributed by atoms with Gasteiger partial charge >= 0.3 is 0 Å². The Labute approximate surface area is 184 Å². The molecular weight excluding hydrogens is 416 g/mol. The molecule has 0 unspecified atom stereocenters. The molecule has 1 aromatic heterocycles. The number of piperidine rings is 1. The van der Waals surface area contributed by atoms with Gasteiger partial charge in [-0.25, -0.2) is 8.42 Å². The van der Waals surface area contributed by atoms with Crippen LogP contribution < -0.4 is 4.74 Å². The zero-order chi connectivity index (χ0) is 21.4. The number of nitrogens with zero attached hydrogens (tertiary/aromatic N) is 2. The molecular formula is C23H32N2O3S2. The Morgan fingerprint density at radius 2 is 1.87 bits per heavy atom. The first-order valence-corrected chi connectivity index (χ1v) is 13.0. The predicted molar refractivity (Wildman–Crippen MR) is 122 cm³/mol. The molecule has 30 heavy (non-hydrogen) atoms. The highest BCUT2D eigenvalue weighted by atomic mass is 32.2. The summed E-state index contributed by atoms with van der Waals surface area (Å²) >= 11 is 1.86. The number of benzene rings is 1. The lowest BCUT2D eigenvalue weighted by Gasteiger charge is -2.45. The van der Waals surface area contributed by atoms with Crippen molar-refractivity contribution >= 4 is 21.4 Å². The van der Waals surface area contributed by atoms with Crippen molar-refractivity contribution in [3.05, 3.63) is 46.2 Å². The Kier molecular flexibility index (Phi) is 6.26. The van der Waals surface area contributed by atoms with Crippen LogP contribution in [-0.2, 0) is 16.6 Å². The maximum atomic E-state index is 13.5. The molecule has 1 spiro atoms. The average Bonchev–Trinajstić information content (AvgIpc) is 3.11. The van der Waals surface area contributed by atoms with Crippen LogP contribution in [0.3, 0.4) is 0 Å². The first kappa shape index (κ1) is 21.8. The van der Waals surface area contributed by atoms with Gasteiger partial charge in [0.05, 0.1) is 6.61 Å². The Morgan fingerprint density at radius 3 is 2.53 bits per heavy atom. The van der Waals surface area contributed by atoms with Crippen molar-refractivity contribution in [2.45, 2.75) is 45.1 Å². The largest absolute Gasteiger partial charge is 0.492 e. The number of rotatable bonds is 4. The van der Waals surface area contributed by atoms with Crippen LogP contribution >= 0.6 is 11.3 Å². The van der Waals surface area contributed by atoms with Gasteiger partial charge in [0.1, 0.15) is 10.6 Å². The number of hydrogen-bond donors (Lipinski definition) is 0. The number of sulfonamides is 1. The molecule has 3 heterocycles. The van der Waals surface area contributed by atoms with E-state index >= 15 is 0 Å². The van der Waals surface area contributed by atoms with Crippen LogP contribution in [0.25, 0.3) is 0 Å². The molecule has 164 valence electrons. The van der Waals surface area contributed by atoms with E-state index < -0.39 is 10.0 Å². The third kappa shape index (κ3) is 4.59. The minimum Gasteiger partial charge on any atom is -0.492 e. The quantitative estimate of drug-likeness (QED) is 0.697. The van der Waals surface area contributed by atoms with Crippen molar-refractivity contribution in [3.63, 3.8) is 0 Å². The molecule has 0 N–H and O–H groups in total. The smallest absolute Gasteiger partial charge is 0.246 e. The number of para-hydroxylation sites is 1. The van der Waals surface area contributed by atoms with E-state index in [0.29, 0.717) is 30.3 Å². The first-order chi connectivity index (χ1) is 14.3. The van der Waals surface area contributed by atoms with Crippen molar-refractivity contribution in [2.75, 3.05) is 32.8 Å². The summed E-state index contributed by atoms with van der Waals surface area (Å²) in [6, 6.07) is 11.5. The lowest BCUT2D eigenvalue weighted by Crippen LogP contribution is -2.52. The second kappa shape index (κ2) is 8.61. The third-order valence-corrected chi connectivity index (χ3v) is 9.01. The van der Waals surface area contributed by atoms with Gasteiger partial charge in [0.15, 0.2) is 0 Å². The Morgan fingerprint density at radius 1 is 1.13 bits per heavy atom. The number of fused-ring (bicyclic) bond motifs is 1. The van der Waals surface area contributed by atoms with Crippen molar-refractivity contribution in [1.29, 1.82) is 0 Å². The maximum Gasteiger partial charge on any atom is 0.246 e. The van der Waals surface area contributed by atoms with Crippen LogP contribution in [0.1, 0.15) is 36.4 Å². The molecule has 0 atom stereocenters. The van der Waals surface area contributed by atoms with Gasteiger partial charge in [-0.05, 0) is 63.0 Å². The van der Waals surface area contributed by atoms with Crippen LogP contribution in [0, 0.1) is 18.3 Å². The van der Waals surface area contributed by atoms with Crippen LogP contribution in [0.15, 0.2) is 41.3 Å². The molecule has 5 nitrogen and oxygen atoms in total. The second-order valence-electron chi connectivity index (χ2n) is 9.22. The zero-order valence-electron chi connectivity index (χ0n) is 18.1. The van der Waals surface area contributed by atoms with Crippen LogP contribution in [0.2, 0.25) is 0 Å². The van der Waals surface area contributed by atoms with E-state index in [9.17, 15) is 8.42 Å². The number of hydrogen-bond acceptors (Lipinski definition) is 5. The minimum absolute atomic E-state index is 0.142. The fraction of sp³-hybridized carbons (Fsp3) is 0.565. The van der Waals surface area contributed by atoms with Crippen molar-refractivity contribution in [1.82, 2.24) is 9.21 Å². The summed E-state index contributed by atoms with van der Waals surface area (Å²) in [6.45, 7) is 10.9. The van der Waals surface area contributed by atoms with Crippen LogP contribution in [-0.4, -0.2) is 50.4 Å². The fourth-order valence-electron chi connectivity index (χ4n) is 4.51. The van der Waals surface area contributed by atoms with E-state index in [2.05, 4.69) is 37.8 Å². The first-order valence-electron chi connectivity index (χ1n) is 10.8. The molecule has 1 fully saturated rings. The monoisotopic (exact) mass is 448 g/mol. The van der Waals surface area contributed by atoms with E-state index in [1.54, 1.807) is 22.5 Å². The van der Waals surface area contributed by atoms with Gasteiger partial charge in [-0.2, -0.15) is 4.31 Å². The summed E-state index contributed by atoms with van der Waals surface area (Å²) in [6.07, 6.45) is 1.90. The summed E-state index contributed by atoms with van der Waals surface area (Å²) < 4.78 is 34.8. The number of thiophene rings is 1. The van der Waals surface area contributed by atoms with Gasteiger partial charge in [-0.1, -0.05) is 26.0 Å². The van der Waals surface area contributed by atoms with Crippen molar-refractivity contribution in [3.8, 4) is 5.75 Å². The van der Waals surface area contributed by atoms with E-state index in [1.807, 2.05) is 17.4 Å². The minimum atomic E-state index is -3.58. The summed E-state index contributed by atoms with van der Waals surface area (Å²) in [4.78, 5) is 5.53. The van der Waals surface area contributed by atoms with Gasteiger partial charge < -0.3 is 4.74 Å². The predicted octanol–water partition coefficient (Wildman–Crippen LogP) is 4.38. The molecule has 2 aliphatic heterocycles. The third-order valence-electron chi connectivity index (χ3n) is 6.17. The SMILES string of the molecule is Cc1ccc(CN2CCC3(CC2)COc2ccccc2S(=O)(=O)N(CC(C)C)C3)s1. The normalized spacial score (nSPS) is 21.7. The van der Waals surface area contributed by atoms with E-state index in [-0.39, 0.29) is 11.3 Å². The highest BCUT2D eigenvalue weighted by Crippen LogP contribution is 2.39. The highest BCUT2D eigenvalue weighted by Gasteiger charge is 2.43. The second-order valence-corrected chi connectivity index (χ2v) is 12.5. The number of aryl methyl sites for hydroxylation is 1. The topological polar surface area (TPSA) is 49.9 Å². The van der Waals surface area contributed by atoms with Gasteiger partial charge in [0.25, 0.3) is 0 Å². The standard InChI is InChI=1S/C23H32N2O3S2/c1-18(2)14-25-16-23(17-28-21-6-4-5-7-22(21)30(25,26)27)10-12-24(13-11-23)15-20-9-8-19(3)29-20/h4-9,18H,10-17H2,1-3H3. The Bertz CT molecular complexity index is 976. The van der Waals surface area contributed by atoms with Crippen LogP contribution in [0.5, 0.6) is 5.75 Å². The Balaban J connectivity index is 1.56. The average molecular weight is 449 g/mol. The van der Waals surface area contributed by atoms with E-state index in [0.717, 1.165) is 32.5 Å². The highest BCUT2D eigenvalue weighted by molar-refractivity contribution is 7.89. The van der Waals surface area contributed by atoms with Gasteiger partial charge in [-0.15, -0.1) is 11.3 Å². The summed E-state index contributed by atoms with van der Waals surface area (Å²) in [7, 11) is -3.58. The Hall–Kier alpha value is -1.41. The molecule has 2 aliphatic rings. The van der Waals surface area contributed by atoms with E-state index in [4.69, 9.17) is 4.74 Å². The number of ether oxygens (including phenoxy) is 1. The van der Waals surface area contributed by atoms with Gasteiger partial charge in [-0.3, -0.25) is 4.90 Å². The molecule has 0 amide bonds. The summed E-state index contributed by atoms with van der Waals surface area (Å²) in [5.74, 6) is 0.758. The molecule has 0 aliphatic carbocycles. The van der Waals surface area contributed by atoms with Crippen molar-refractivity contribution < 1.29 is 13.2 Å². The molecule has 4 rings (SSSR count). The summed E-state index contributed by atoms with van der Waals surface area (Å²) in [5.41, 5.74) is -0.142. The molecule has 0 saturated carbocycles. The summed E-state index contributed by atoms with van der Waals surface area (Å²) in [5, 5.41) is 0. The molecule has 2 aromatic rings. The fourth-order valence-corrected chi connectivity index (χ4v) is 7.29. The van der Waals surface area contributed by atoms with Gasteiger partial charge in [0, 0.05) is 34.8 Å². The lowest BCUT2D eigenvalue weighted by molar-refractivity contribution is 0.0313. The van der Waals surface area contributed by atoms with Gasteiger partial charge in [0.2, 0.25) is 10.0 Å². The number of likely N-dealkylation sites (tertiary alicyclic amines) is 1. The molecule has 1 aromatic carbocycles. The van der Waals surface area contributed by atoms with Crippen molar-refractivity contribution in [2.24, 2.45) is 11.3 Å². The molecule has 1 saturated heterocycles. The molecule has 0 bridgehead atoms.